The molecule has 256 valence electrons. The third-order valence-corrected chi connectivity index (χ3v) is 12.1. The van der Waals surface area contributed by atoms with Crippen LogP contribution in [0.5, 0.6) is 0 Å². The molecule has 0 atom stereocenters. The number of fused-ring (bicyclic) bond motifs is 7. The van der Waals surface area contributed by atoms with Gasteiger partial charge in [-0.3, -0.25) is 0 Å². The van der Waals surface area contributed by atoms with Crippen LogP contribution in [0.15, 0.2) is 206 Å². The van der Waals surface area contributed by atoms with Gasteiger partial charge in [-0.15, -0.1) is 0 Å². The van der Waals surface area contributed by atoms with Crippen molar-refractivity contribution in [3.63, 3.8) is 0 Å². The maximum atomic E-state index is 2.52. The smallest absolute Gasteiger partial charge is 0.0726 e. The zero-order chi connectivity index (χ0) is 36.1. The summed E-state index contributed by atoms with van der Waals surface area (Å²) in [6.45, 7) is 0. The molecule has 1 heterocycles. The Bertz CT molecular complexity index is 3040. The summed E-state index contributed by atoms with van der Waals surface area (Å²) in [4.78, 5) is 2.33. The van der Waals surface area contributed by atoms with Gasteiger partial charge in [-0.25, -0.2) is 0 Å². The zero-order valence-corrected chi connectivity index (χ0v) is 30.0. The zero-order valence-electron chi connectivity index (χ0n) is 30.0. The van der Waals surface area contributed by atoms with E-state index in [2.05, 4.69) is 216 Å². The number of benzene rings is 9. The monoisotopic (exact) mass is 698 g/mol. The number of nitrogens with zero attached hydrogens (tertiary/aromatic N) is 2. The van der Waals surface area contributed by atoms with Gasteiger partial charge in [0.05, 0.1) is 16.4 Å². The fraction of sp³-hybridized carbons (Fsp3) is 0.0189. The first-order valence-electron chi connectivity index (χ1n) is 19.1. The molecule has 0 saturated heterocycles. The van der Waals surface area contributed by atoms with E-state index in [4.69, 9.17) is 0 Å². The fourth-order valence-corrected chi connectivity index (χ4v) is 10.00. The van der Waals surface area contributed by atoms with E-state index < -0.39 is 5.41 Å². The van der Waals surface area contributed by atoms with E-state index in [1.807, 2.05) is 0 Å². The van der Waals surface area contributed by atoms with E-state index in [0.717, 1.165) is 17.1 Å². The molecular formula is C53H34N2. The van der Waals surface area contributed by atoms with E-state index >= 15 is 0 Å². The Labute approximate surface area is 319 Å². The van der Waals surface area contributed by atoms with Crippen LogP contribution in [0.1, 0.15) is 22.3 Å². The van der Waals surface area contributed by atoms with Crippen LogP contribution in [-0.2, 0) is 5.41 Å². The van der Waals surface area contributed by atoms with E-state index in [1.54, 1.807) is 0 Å². The first-order chi connectivity index (χ1) is 27.3. The predicted molar refractivity (Wildman–Crippen MR) is 229 cm³/mol. The second-order valence-electron chi connectivity index (χ2n) is 14.8. The first-order valence-corrected chi connectivity index (χ1v) is 19.1. The highest BCUT2D eigenvalue weighted by Gasteiger charge is 2.50. The number of rotatable bonds is 5. The van der Waals surface area contributed by atoms with Gasteiger partial charge in [-0.05, 0) is 122 Å². The highest BCUT2D eigenvalue weighted by Crippen LogP contribution is 2.62. The van der Waals surface area contributed by atoms with Crippen molar-refractivity contribution in [1.82, 2.24) is 4.57 Å². The van der Waals surface area contributed by atoms with Gasteiger partial charge in [-0.2, -0.15) is 0 Å². The van der Waals surface area contributed by atoms with Gasteiger partial charge in [0.1, 0.15) is 0 Å². The van der Waals surface area contributed by atoms with Gasteiger partial charge in [0.25, 0.3) is 0 Å². The number of aromatic nitrogens is 1. The third kappa shape index (κ3) is 4.08. The summed E-state index contributed by atoms with van der Waals surface area (Å²) in [6, 6.07) is 76.1. The van der Waals surface area contributed by atoms with Crippen molar-refractivity contribution in [1.29, 1.82) is 0 Å². The second-order valence-corrected chi connectivity index (χ2v) is 14.8. The molecule has 0 amide bonds. The van der Waals surface area contributed by atoms with Crippen molar-refractivity contribution in [3.8, 4) is 27.9 Å². The Hall–Kier alpha value is -7.16. The second kappa shape index (κ2) is 11.4. The SMILES string of the molecule is c1ccc(N(c2ccccc2)c2ccc(-c3cc4c5c6c7c(cccc7ccc6n(-c6ccccc6)c5c3)C43c4ccccc4-c4ccccc43)cc2)cc1. The topological polar surface area (TPSA) is 8.17 Å². The summed E-state index contributed by atoms with van der Waals surface area (Å²) < 4.78 is 2.50. The Kier molecular flexibility index (Phi) is 6.29. The van der Waals surface area contributed by atoms with E-state index in [1.165, 1.54) is 82.8 Å². The van der Waals surface area contributed by atoms with Gasteiger partial charge in [-0.1, -0.05) is 140 Å². The van der Waals surface area contributed by atoms with Crippen molar-refractivity contribution < 1.29 is 0 Å². The minimum atomic E-state index is -0.484. The van der Waals surface area contributed by atoms with Gasteiger partial charge in [0.2, 0.25) is 0 Å². The van der Waals surface area contributed by atoms with Crippen LogP contribution < -0.4 is 4.90 Å². The van der Waals surface area contributed by atoms with Crippen molar-refractivity contribution >= 4 is 49.6 Å². The predicted octanol–water partition coefficient (Wildman–Crippen LogP) is 13.8. The highest BCUT2D eigenvalue weighted by atomic mass is 15.1. The lowest BCUT2D eigenvalue weighted by atomic mass is 9.63. The molecule has 0 bridgehead atoms. The molecule has 1 aromatic heterocycles. The van der Waals surface area contributed by atoms with Crippen LogP contribution in [0.3, 0.4) is 0 Å². The summed E-state index contributed by atoms with van der Waals surface area (Å²) in [5.41, 5.74) is 17.0. The molecule has 2 nitrogen and oxygen atoms in total. The number of anilines is 3. The molecule has 10 aromatic rings. The third-order valence-electron chi connectivity index (χ3n) is 12.1. The molecule has 1 spiro atoms. The molecule has 0 N–H and O–H groups in total. The average molecular weight is 699 g/mol. The van der Waals surface area contributed by atoms with Crippen molar-refractivity contribution in [3.05, 3.63) is 229 Å². The summed E-state index contributed by atoms with van der Waals surface area (Å²) in [5.74, 6) is 0. The van der Waals surface area contributed by atoms with Crippen LogP contribution in [0.4, 0.5) is 17.1 Å². The Morgan fingerprint density at radius 2 is 0.909 bits per heavy atom. The standard InChI is InChI=1S/C53H34N2/c1-4-16-38(17-5-1)54(39-18-6-2-7-19-39)41-30-27-35(28-31-41)37-33-47-51-49(34-37)55(40-20-8-3-9-21-40)48-32-29-36-15-14-26-46(50(36)52(48)51)53(47)44-24-12-10-22-42(44)43-23-11-13-25-45(43)53/h1-34H. The number of para-hydroxylation sites is 3. The molecule has 0 fully saturated rings. The van der Waals surface area contributed by atoms with Crippen LogP contribution >= 0.6 is 0 Å². The van der Waals surface area contributed by atoms with Gasteiger partial charge < -0.3 is 9.47 Å². The minimum absolute atomic E-state index is 0.484. The molecule has 0 radical (unpaired) electrons. The van der Waals surface area contributed by atoms with Crippen molar-refractivity contribution in [2.75, 3.05) is 4.90 Å². The average Bonchev–Trinajstić information content (AvgIpc) is 3.75. The summed E-state index contributed by atoms with van der Waals surface area (Å²) in [6.07, 6.45) is 0. The normalized spacial score (nSPS) is 13.2. The molecule has 2 heteroatoms. The highest BCUT2D eigenvalue weighted by molar-refractivity contribution is 6.27. The molecular weight excluding hydrogens is 665 g/mol. The van der Waals surface area contributed by atoms with Gasteiger partial charge in [0, 0.05) is 33.5 Å². The first kappa shape index (κ1) is 30.3. The van der Waals surface area contributed by atoms with Crippen LogP contribution in [0.25, 0.3) is 60.5 Å². The Balaban J connectivity index is 1.18. The van der Waals surface area contributed by atoms with E-state index in [-0.39, 0.29) is 0 Å². The molecule has 0 saturated carbocycles. The lowest BCUT2D eigenvalue weighted by Crippen LogP contribution is -2.30. The maximum absolute atomic E-state index is 2.52. The summed E-state index contributed by atoms with van der Waals surface area (Å²) in [5, 5.41) is 5.33. The Morgan fingerprint density at radius 1 is 0.345 bits per heavy atom. The summed E-state index contributed by atoms with van der Waals surface area (Å²) >= 11 is 0. The van der Waals surface area contributed by atoms with Crippen molar-refractivity contribution in [2.24, 2.45) is 0 Å². The van der Waals surface area contributed by atoms with Crippen molar-refractivity contribution in [2.45, 2.75) is 5.41 Å². The molecule has 55 heavy (non-hydrogen) atoms. The maximum Gasteiger partial charge on any atom is 0.0726 e. The van der Waals surface area contributed by atoms with Crippen LogP contribution in [0, 0.1) is 0 Å². The van der Waals surface area contributed by atoms with E-state index in [9.17, 15) is 0 Å². The molecule has 0 aliphatic heterocycles. The molecule has 9 aromatic carbocycles. The molecule has 0 unspecified atom stereocenters. The van der Waals surface area contributed by atoms with Gasteiger partial charge in [0.15, 0.2) is 0 Å². The molecule has 2 aliphatic rings. The fourth-order valence-electron chi connectivity index (χ4n) is 10.00. The number of hydrogen-bond acceptors (Lipinski definition) is 1. The van der Waals surface area contributed by atoms with Gasteiger partial charge >= 0.3 is 0 Å². The quantitative estimate of drug-likeness (QED) is 0.174. The van der Waals surface area contributed by atoms with Crippen LogP contribution in [0.2, 0.25) is 0 Å². The summed E-state index contributed by atoms with van der Waals surface area (Å²) in [7, 11) is 0. The molecule has 2 aliphatic carbocycles. The molecule has 12 rings (SSSR count). The lowest BCUT2D eigenvalue weighted by Gasteiger charge is -2.38. The minimum Gasteiger partial charge on any atom is -0.311 e. The van der Waals surface area contributed by atoms with E-state index in [0.29, 0.717) is 0 Å². The lowest BCUT2D eigenvalue weighted by molar-refractivity contribution is 0.783. The van der Waals surface area contributed by atoms with Crippen LogP contribution in [-0.4, -0.2) is 4.57 Å². The Morgan fingerprint density at radius 3 is 1.56 bits per heavy atom. The number of hydrogen-bond donors (Lipinski definition) is 0. The largest absolute Gasteiger partial charge is 0.311 e.